The van der Waals surface area contributed by atoms with Crippen molar-refractivity contribution in [1.29, 1.82) is 0 Å². The van der Waals surface area contributed by atoms with Crippen LogP contribution in [0.3, 0.4) is 0 Å². The van der Waals surface area contributed by atoms with Gasteiger partial charge in [0.05, 0.1) is 6.42 Å². The summed E-state index contributed by atoms with van der Waals surface area (Å²) in [5, 5.41) is 5.55. The molecule has 0 spiro atoms. The molecular weight excluding hydrogens is 282 g/mol. The van der Waals surface area contributed by atoms with Gasteiger partial charge in [-0.15, -0.1) is 0 Å². The highest BCUT2D eigenvalue weighted by Gasteiger charge is 2.11. The van der Waals surface area contributed by atoms with E-state index in [1.807, 2.05) is 25.1 Å². The number of benzene rings is 1. The van der Waals surface area contributed by atoms with Crippen LogP contribution < -0.4 is 10.6 Å². The summed E-state index contributed by atoms with van der Waals surface area (Å²) >= 11 is 0. The van der Waals surface area contributed by atoms with Crippen molar-refractivity contribution in [1.82, 2.24) is 10.2 Å². The number of para-hydroxylation sites is 1. The fourth-order valence-electron chi connectivity index (χ4n) is 1.80. The second-order valence-corrected chi connectivity index (χ2v) is 5.05. The minimum absolute atomic E-state index is 0.00799. The van der Waals surface area contributed by atoms with Gasteiger partial charge < -0.3 is 20.3 Å². The lowest BCUT2D eigenvalue weighted by Gasteiger charge is -2.14. The van der Waals surface area contributed by atoms with Crippen LogP contribution in [-0.4, -0.2) is 50.7 Å². The lowest BCUT2D eigenvalue weighted by atomic mass is 10.1. The zero-order chi connectivity index (χ0) is 16.4. The van der Waals surface area contributed by atoms with Crippen LogP contribution in [0.5, 0.6) is 0 Å². The first kappa shape index (κ1) is 18.0. The van der Waals surface area contributed by atoms with Gasteiger partial charge in [0.25, 0.3) is 0 Å². The van der Waals surface area contributed by atoms with Gasteiger partial charge in [-0.3, -0.25) is 4.79 Å². The monoisotopic (exact) mass is 307 g/mol. The van der Waals surface area contributed by atoms with Crippen molar-refractivity contribution in [2.75, 3.05) is 39.2 Å². The number of anilines is 1. The van der Waals surface area contributed by atoms with Crippen molar-refractivity contribution < 1.29 is 14.3 Å². The second-order valence-electron chi connectivity index (χ2n) is 5.05. The predicted molar refractivity (Wildman–Crippen MR) is 87.0 cm³/mol. The Hall–Kier alpha value is -2.08. The van der Waals surface area contributed by atoms with Crippen LogP contribution >= 0.6 is 0 Å². The molecule has 122 valence electrons. The molecule has 6 heteroatoms. The number of hydrogen-bond acceptors (Lipinski definition) is 3. The lowest BCUT2D eigenvalue weighted by Crippen LogP contribution is -2.31. The van der Waals surface area contributed by atoms with Gasteiger partial charge in [0, 0.05) is 39.5 Å². The summed E-state index contributed by atoms with van der Waals surface area (Å²) in [6.07, 6.45) is 1.02. The maximum absolute atomic E-state index is 11.9. The zero-order valence-electron chi connectivity index (χ0n) is 13.5. The van der Waals surface area contributed by atoms with Crippen LogP contribution in [-0.2, 0) is 16.0 Å². The smallest absolute Gasteiger partial charge is 0.319 e. The number of likely N-dealkylation sites (N-methyl/N-ethyl adjacent to an activating group) is 1. The molecule has 0 heterocycles. The molecule has 0 saturated heterocycles. The van der Waals surface area contributed by atoms with E-state index in [-0.39, 0.29) is 18.4 Å². The van der Waals surface area contributed by atoms with E-state index in [9.17, 15) is 9.59 Å². The van der Waals surface area contributed by atoms with Crippen molar-refractivity contribution in [3.8, 4) is 0 Å². The third kappa shape index (κ3) is 6.58. The maximum atomic E-state index is 11.9. The van der Waals surface area contributed by atoms with Crippen molar-refractivity contribution in [2.24, 2.45) is 0 Å². The number of amides is 3. The van der Waals surface area contributed by atoms with E-state index in [4.69, 9.17) is 4.74 Å². The summed E-state index contributed by atoms with van der Waals surface area (Å²) in [4.78, 5) is 25.2. The molecule has 3 amide bonds. The average molecular weight is 307 g/mol. The maximum Gasteiger partial charge on any atom is 0.319 e. The van der Waals surface area contributed by atoms with E-state index in [0.29, 0.717) is 25.4 Å². The molecule has 0 radical (unpaired) electrons. The summed E-state index contributed by atoms with van der Waals surface area (Å²) in [5.74, 6) is -0.00799. The minimum atomic E-state index is -0.277. The normalized spacial score (nSPS) is 10.1. The molecule has 0 atom stereocenters. The molecule has 0 fully saturated rings. The predicted octanol–water partition coefficient (Wildman–Crippen LogP) is 1.87. The average Bonchev–Trinajstić information content (AvgIpc) is 2.49. The Bertz CT molecular complexity index is 489. The molecule has 0 unspecified atom stereocenters. The standard InChI is InChI=1S/C16H25N3O3/c1-4-22-11-7-10-17-16(21)18-14-9-6-5-8-13(14)12-15(20)19(2)3/h5-6,8-9H,4,7,10-12H2,1-3H3,(H2,17,18,21). The number of hydrogen-bond donors (Lipinski definition) is 2. The SMILES string of the molecule is CCOCCCNC(=O)Nc1ccccc1CC(=O)N(C)C. The van der Waals surface area contributed by atoms with Crippen LogP contribution in [0.4, 0.5) is 10.5 Å². The molecule has 0 saturated carbocycles. The molecule has 0 aliphatic carbocycles. The number of urea groups is 1. The Balaban J connectivity index is 2.51. The van der Waals surface area contributed by atoms with E-state index >= 15 is 0 Å². The van der Waals surface area contributed by atoms with Crippen LogP contribution in [0.2, 0.25) is 0 Å². The number of ether oxygens (including phenoxy) is 1. The molecule has 0 aliphatic rings. The molecule has 2 N–H and O–H groups in total. The fourth-order valence-corrected chi connectivity index (χ4v) is 1.80. The van der Waals surface area contributed by atoms with Gasteiger partial charge in [-0.2, -0.15) is 0 Å². The van der Waals surface area contributed by atoms with Gasteiger partial charge in [0.1, 0.15) is 0 Å². The first-order valence-electron chi connectivity index (χ1n) is 7.45. The molecule has 0 aromatic heterocycles. The highest BCUT2D eigenvalue weighted by atomic mass is 16.5. The Morgan fingerprint density at radius 1 is 1.23 bits per heavy atom. The molecule has 1 rings (SSSR count). The topological polar surface area (TPSA) is 70.7 Å². The molecule has 6 nitrogen and oxygen atoms in total. The van der Waals surface area contributed by atoms with Gasteiger partial charge in [-0.25, -0.2) is 4.79 Å². The van der Waals surface area contributed by atoms with E-state index < -0.39 is 0 Å². The zero-order valence-corrected chi connectivity index (χ0v) is 13.5. The number of nitrogens with one attached hydrogen (secondary N) is 2. The Morgan fingerprint density at radius 3 is 2.64 bits per heavy atom. The van der Waals surface area contributed by atoms with Crippen molar-refractivity contribution in [3.05, 3.63) is 29.8 Å². The molecule has 22 heavy (non-hydrogen) atoms. The Morgan fingerprint density at radius 2 is 1.95 bits per heavy atom. The third-order valence-electron chi connectivity index (χ3n) is 3.06. The van der Waals surface area contributed by atoms with Crippen LogP contribution in [0.25, 0.3) is 0 Å². The second kappa shape index (κ2) is 9.78. The summed E-state index contributed by atoms with van der Waals surface area (Å²) in [6, 6.07) is 7.03. The van der Waals surface area contributed by atoms with Gasteiger partial charge in [0.15, 0.2) is 0 Å². The number of carbonyl (C=O) groups is 2. The van der Waals surface area contributed by atoms with E-state index in [1.165, 1.54) is 4.90 Å². The fraction of sp³-hybridized carbons (Fsp3) is 0.500. The summed E-state index contributed by atoms with van der Waals surface area (Å²) < 4.78 is 5.21. The number of rotatable bonds is 8. The van der Waals surface area contributed by atoms with Crippen LogP contribution in [0, 0.1) is 0 Å². The molecule has 1 aromatic rings. The van der Waals surface area contributed by atoms with Gasteiger partial charge >= 0.3 is 6.03 Å². The third-order valence-corrected chi connectivity index (χ3v) is 3.06. The Labute approximate surface area is 131 Å². The van der Waals surface area contributed by atoms with E-state index in [0.717, 1.165) is 12.0 Å². The highest BCUT2D eigenvalue weighted by Crippen LogP contribution is 2.16. The molecular formula is C16H25N3O3. The highest BCUT2D eigenvalue weighted by molar-refractivity contribution is 5.91. The Kier molecular flexibility index (Phi) is 7.99. The van der Waals surface area contributed by atoms with Gasteiger partial charge in [-0.1, -0.05) is 18.2 Å². The van der Waals surface area contributed by atoms with Crippen molar-refractivity contribution >= 4 is 17.6 Å². The first-order chi connectivity index (χ1) is 10.5. The molecule has 0 aliphatic heterocycles. The van der Waals surface area contributed by atoms with E-state index in [2.05, 4.69) is 10.6 Å². The van der Waals surface area contributed by atoms with Gasteiger partial charge in [0.2, 0.25) is 5.91 Å². The van der Waals surface area contributed by atoms with Crippen molar-refractivity contribution in [3.63, 3.8) is 0 Å². The summed E-state index contributed by atoms with van der Waals surface area (Å²) in [7, 11) is 3.42. The minimum Gasteiger partial charge on any atom is -0.382 e. The number of carbonyl (C=O) groups excluding carboxylic acids is 2. The summed E-state index contributed by atoms with van der Waals surface area (Å²) in [6.45, 7) is 3.79. The van der Waals surface area contributed by atoms with Gasteiger partial charge in [-0.05, 0) is 25.0 Å². The van der Waals surface area contributed by atoms with Crippen LogP contribution in [0.1, 0.15) is 18.9 Å². The summed E-state index contributed by atoms with van der Waals surface area (Å²) in [5.41, 5.74) is 1.45. The molecule has 0 bridgehead atoms. The first-order valence-corrected chi connectivity index (χ1v) is 7.45. The quantitative estimate of drug-likeness (QED) is 0.720. The number of nitrogens with zero attached hydrogens (tertiary/aromatic N) is 1. The van der Waals surface area contributed by atoms with E-state index in [1.54, 1.807) is 20.2 Å². The van der Waals surface area contributed by atoms with Crippen molar-refractivity contribution in [2.45, 2.75) is 19.8 Å². The molecule has 1 aromatic carbocycles. The van der Waals surface area contributed by atoms with Crippen LogP contribution in [0.15, 0.2) is 24.3 Å². The lowest BCUT2D eigenvalue weighted by molar-refractivity contribution is -0.127. The largest absolute Gasteiger partial charge is 0.382 e.